The summed E-state index contributed by atoms with van der Waals surface area (Å²) in [5.74, 6) is 0.602. The maximum atomic E-state index is 12.7. The number of amides is 1. The molecule has 8 heteroatoms. The van der Waals surface area contributed by atoms with Crippen molar-refractivity contribution in [2.75, 3.05) is 25.4 Å². The van der Waals surface area contributed by atoms with Crippen LogP contribution in [0.4, 0.5) is 0 Å². The van der Waals surface area contributed by atoms with Gasteiger partial charge in [-0.1, -0.05) is 17.7 Å². The highest BCUT2D eigenvalue weighted by atomic mass is 32.2. The zero-order chi connectivity index (χ0) is 19.4. The number of carbonyl (C=O) groups excluding carboxylic acids is 1. The summed E-state index contributed by atoms with van der Waals surface area (Å²) in [5.41, 5.74) is 1.21. The lowest BCUT2D eigenvalue weighted by molar-refractivity contribution is 0.0927. The average molecular weight is 409 g/mol. The van der Waals surface area contributed by atoms with E-state index in [4.69, 9.17) is 4.42 Å². The van der Waals surface area contributed by atoms with E-state index in [0.29, 0.717) is 25.4 Å². The Bertz CT molecular complexity index is 898. The second-order valence-corrected chi connectivity index (χ2v) is 9.63. The molecule has 0 radical (unpaired) electrons. The van der Waals surface area contributed by atoms with Gasteiger partial charge in [-0.05, 0) is 38.8 Å². The van der Waals surface area contributed by atoms with Gasteiger partial charge in [0.25, 0.3) is 5.91 Å². The third kappa shape index (κ3) is 4.75. The molecule has 1 aromatic heterocycles. The lowest BCUT2D eigenvalue weighted by atomic mass is 10.2. The van der Waals surface area contributed by atoms with E-state index in [9.17, 15) is 13.2 Å². The number of carbonyl (C=O) groups is 1. The molecule has 27 heavy (non-hydrogen) atoms. The average Bonchev–Trinajstić information content (AvgIpc) is 3.30. The van der Waals surface area contributed by atoms with Gasteiger partial charge >= 0.3 is 0 Å². The summed E-state index contributed by atoms with van der Waals surface area (Å²) >= 11 is 1.65. The zero-order valence-electron chi connectivity index (χ0n) is 15.5. The van der Waals surface area contributed by atoms with E-state index in [-0.39, 0.29) is 16.4 Å². The van der Waals surface area contributed by atoms with Crippen molar-refractivity contribution in [2.24, 2.45) is 0 Å². The van der Waals surface area contributed by atoms with Crippen molar-refractivity contribution in [1.82, 2.24) is 9.62 Å². The van der Waals surface area contributed by atoms with Gasteiger partial charge in [-0.25, -0.2) is 8.42 Å². The van der Waals surface area contributed by atoms with Crippen LogP contribution in [-0.2, 0) is 10.0 Å². The van der Waals surface area contributed by atoms with Crippen LogP contribution >= 0.6 is 11.8 Å². The monoisotopic (exact) mass is 408 g/mol. The summed E-state index contributed by atoms with van der Waals surface area (Å²) in [4.78, 5) is 13.5. The van der Waals surface area contributed by atoms with Gasteiger partial charge in [0.2, 0.25) is 10.0 Å². The molecule has 0 aliphatic carbocycles. The first-order chi connectivity index (χ1) is 12.9. The number of aryl methyl sites for hydroxylation is 2. The molecule has 6 nitrogen and oxygen atoms in total. The van der Waals surface area contributed by atoms with Crippen molar-refractivity contribution >= 4 is 27.7 Å². The van der Waals surface area contributed by atoms with Crippen molar-refractivity contribution < 1.29 is 17.6 Å². The molecular weight excluding hydrogens is 384 g/mol. The molecule has 1 saturated heterocycles. The van der Waals surface area contributed by atoms with Crippen LogP contribution in [0.1, 0.15) is 34.7 Å². The number of nitrogens with zero attached hydrogens (tertiary/aromatic N) is 1. The van der Waals surface area contributed by atoms with Gasteiger partial charge in [0.05, 0.1) is 0 Å². The summed E-state index contributed by atoms with van der Waals surface area (Å²) in [6, 6.07) is 9.54. The Labute approximate surface area is 164 Å². The fraction of sp³-hybridized carbons (Fsp3) is 0.421. The SMILES string of the molecule is Cc1ccc(SCCNC(=O)c2cc(S(=O)(=O)N3CCCC3)c(C)o2)cc1. The van der Waals surface area contributed by atoms with Crippen LogP contribution in [0.5, 0.6) is 0 Å². The Morgan fingerprint density at radius 2 is 1.85 bits per heavy atom. The quantitative estimate of drug-likeness (QED) is 0.562. The molecule has 1 amide bonds. The fourth-order valence-electron chi connectivity index (χ4n) is 2.96. The molecule has 1 fully saturated rings. The second-order valence-electron chi connectivity index (χ2n) is 6.56. The van der Waals surface area contributed by atoms with Gasteiger partial charge in [-0.15, -0.1) is 11.8 Å². The maximum Gasteiger partial charge on any atom is 0.287 e. The number of rotatable bonds is 7. The van der Waals surface area contributed by atoms with E-state index in [1.54, 1.807) is 18.7 Å². The number of furan rings is 1. The first-order valence-electron chi connectivity index (χ1n) is 8.96. The van der Waals surface area contributed by atoms with Crippen molar-refractivity contribution in [3.63, 3.8) is 0 Å². The van der Waals surface area contributed by atoms with Gasteiger partial charge in [-0.3, -0.25) is 4.79 Å². The molecule has 0 unspecified atom stereocenters. The van der Waals surface area contributed by atoms with E-state index in [1.165, 1.54) is 15.9 Å². The van der Waals surface area contributed by atoms with E-state index in [1.807, 2.05) is 19.1 Å². The molecule has 0 bridgehead atoms. The highest BCUT2D eigenvalue weighted by Crippen LogP contribution is 2.26. The summed E-state index contributed by atoms with van der Waals surface area (Å²) in [6.07, 6.45) is 1.73. The molecule has 2 aromatic rings. The molecule has 146 valence electrons. The molecule has 1 N–H and O–H groups in total. The van der Waals surface area contributed by atoms with E-state index >= 15 is 0 Å². The number of hydrogen-bond acceptors (Lipinski definition) is 5. The number of nitrogens with one attached hydrogen (secondary N) is 1. The normalized spacial score (nSPS) is 15.2. The van der Waals surface area contributed by atoms with E-state index in [2.05, 4.69) is 17.4 Å². The Kier molecular flexibility index (Phi) is 6.29. The molecule has 1 aromatic carbocycles. The Morgan fingerprint density at radius 1 is 1.19 bits per heavy atom. The number of thioether (sulfide) groups is 1. The Balaban J connectivity index is 1.56. The first kappa shape index (κ1) is 20.0. The molecule has 2 heterocycles. The van der Waals surface area contributed by atoms with E-state index in [0.717, 1.165) is 17.7 Å². The first-order valence-corrected chi connectivity index (χ1v) is 11.4. The smallest absolute Gasteiger partial charge is 0.287 e. The lowest BCUT2D eigenvalue weighted by Crippen LogP contribution is -2.28. The molecule has 1 aliphatic rings. The van der Waals surface area contributed by atoms with Gasteiger partial charge in [0.15, 0.2) is 5.76 Å². The van der Waals surface area contributed by atoms with E-state index < -0.39 is 15.9 Å². The van der Waals surface area contributed by atoms with Crippen LogP contribution in [0.2, 0.25) is 0 Å². The Hall–Kier alpha value is -1.77. The minimum atomic E-state index is -3.59. The van der Waals surface area contributed by atoms with Crippen LogP contribution in [0.25, 0.3) is 0 Å². The molecule has 3 rings (SSSR count). The largest absolute Gasteiger partial charge is 0.455 e. The van der Waals surface area contributed by atoms with Crippen molar-refractivity contribution in [3.05, 3.63) is 47.4 Å². The van der Waals surface area contributed by atoms with Crippen molar-refractivity contribution in [3.8, 4) is 0 Å². The number of sulfonamides is 1. The summed E-state index contributed by atoms with van der Waals surface area (Å²) < 4.78 is 32.2. The topological polar surface area (TPSA) is 79.6 Å². The second kappa shape index (κ2) is 8.50. The molecule has 0 saturated carbocycles. The molecule has 0 atom stereocenters. The highest BCUT2D eigenvalue weighted by molar-refractivity contribution is 7.99. The Morgan fingerprint density at radius 3 is 2.52 bits per heavy atom. The maximum absolute atomic E-state index is 12.7. The number of benzene rings is 1. The van der Waals surface area contributed by atoms with Gasteiger partial charge in [-0.2, -0.15) is 4.31 Å². The van der Waals surface area contributed by atoms with Gasteiger partial charge in [0.1, 0.15) is 10.7 Å². The summed E-state index contributed by atoms with van der Waals surface area (Å²) in [7, 11) is -3.59. The molecule has 1 aliphatic heterocycles. The van der Waals surface area contributed by atoms with Crippen LogP contribution < -0.4 is 5.32 Å². The van der Waals surface area contributed by atoms with Crippen LogP contribution in [0.3, 0.4) is 0 Å². The van der Waals surface area contributed by atoms with Crippen molar-refractivity contribution in [1.29, 1.82) is 0 Å². The lowest BCUT2D eigenvalue weighted by Gasteiger charge is -2.14. The number of hydrogen-bond donors (Lipinski definition) is 1. The van der Waals surface area contributed by atoms with Gasteiger partial charge in [0, 0.05) is 36.3 Å². The predicted molar refractivity (Wildman–Crippen MR) is 106 cm³/mol. The van der Waals surface area contributed by atoms with Crippen LogP contribution in [-0.4, -0.2) is 44.0 Å². The standard InChI is InChI=1S/C19H24N2O4S2/c1-14-5-7-16(8-6-14)26-12-9-20-19(22)17-13-18(15(2)25-17)27(23,24)21-10-3-4-11-21/h5-8,13H,3-4,9-12H2,1-2H3,(H,20,22). The third-order valence-corrected chi connectivity index (χ3v) is 7.48. The van der Waals surface area contributed by atoms with Crippen molar-refractivity contribution in [2.45, 2.75) is 36.5 Å². The predicted octanol–water partition coefficient (Wildman–Crippen LogP) is 3.20. The summed E-state index contributed by atoms with van der Waals surface area (Å²) in [6.45, 7) is 5.12. The van der Waals surface area contributed by atoms with Crippen LogP contribution in [0, 0.1) is 13.8 Å². The third-order valence-electron chi connectivity index (χ3n) is 4.46. The zero-order valence-corrected chi connectivity index (χ0v) is 17.2. The molecule has 0 spiro atoms. The van der Waals surface area contributed by atoms with Crippen LogP contribution in [0.15, 0.2) is 44.5 Å². The highest BCUT2D eigenvalue weighted by Gasteiger charge is 2.31. The van der Waals surface area contributed by atoms with Gasteiger partial charge < -0.3 is 9.73 Å². The minimum Gasteiger partial charge on any atom is -0.455 e. The summed E-state index contributed by atoms with van der Waals surface area (Å²) in [5, 5.41) is 2.78. The fourth-order valence-corrected chi connectivity index (χ4v) is 5.40. The molecular formula is C19H24N2O4S2. The minimum absolute atomic E-state index is 0.0330.